The molecule has 1 aromatic rings. The Hall–Kier alpha value is -0.340. The summed E-state index contributed by atoms with van der Waals surface area (Å²) in [4.78, 5) is 0. The van der Waals surface area contributed by atoms with E-state index in [1.807, 2.05) is 0 Å². The van der Waals surface area contributed by atoms with Crippen LogP contribution >= 0.6 is 15.9 Å². The minimum Gasteiger partial charge on any atom is -0.314 e. The normalized spacial score (nSPS) is 12.9. The molecule has 1 N–H and O–H groups in total. The lowest BCUT2D eigenvalue weighted by Crippen LogP contribution is -2.33. The van der Waals surface area contributed by atoms with E-state index in [1.54, 1.807) is 0 Å². The van der Waals surface area contributed by atoms with Gasteiger partial charge in [-0.1, -0.05) is 61.7 Å². The Balaban J connectivity index is 2.61. The summed E-state index contributed by atoms with van der Waals surface area (Å²) in [6, 6.07) is 9.28. The first-order valence-corrected chi connectivity index (χ1v) is 7.96. The monoisotopic (exact) mass is 311 g/mol. The third-order valence-electron chi connectivity index (χ3n) is 3.64. The highest BCUT2D eigenvalue weighted by molar-refractivity contribution is 9.10. The molecule has 0 aliphatic carbocycles. The highest BCUT2D eigenvalue weighted by atomic mass is 79.9. The molecule has 1 atom stereocenters. The van der Waals surface area contributed by atoms with E-state index in [4.69, 9.17) is 0 Å². The molecule has 18 heavy (non-hydrogen) atoms. The van der Waals surface area contributed by atoms with Gasteiger partial charge in [0.05, 0.1) is 0 Å². The Bertz CT molecular complexity index is 334. The zero-order valence-corrected chi connectivity index (χ0v) is 13.5. The lowest BCUT2D eigenvalue weighted by atomic mass is 9.91. The minimum absolute atomic E-state index is 0.606. The summed E-state index contributed by atoms with van der Waals surface area (Å²) in [5.41, 5.74) is 1.42. The van der Waals surface area contributed by atoms with Gasteiger partial charge in [-0.2, -0.15) is 0 Å². The first kappa shape index (κ1) is 15.7. The van der Waals surface area contributed by atoms with Gasteiger partial charge < -0.3 is 5.32 Å². The van der Waals surface area contributed by atoms with Crippen molar-refractivity contribution in [1.29, 1.82) is 0 Å². The summed E-state index contributed by atoms with van der Waals surface area (Å²) in [7, 11) is 0. The molecular weight excluding hydrogens is 286 g/mol. The summed E-state index contributed by atoms with van der Waals surface area (Å²) in [5.74, 6) is 0.848. The fraction of sp³-hybridized carbons (Fsp3) is 0.625. The highest BCUT2D eigenvalue weighted by Crippen LogP contribution is 2.19. The van der Waals surface area contributed by atoms with Crippen LogP contribution in [0.3, 0.4) is 0 Å². The van der Waals surface area contributed by atoms with Crippen molar-refractivity contribution in [2.24, 2.45) is 5.92 Å². The summed E-state index contributed by atoms with van der Waals surface area (Å²) in [6.45, 7) is 7.85. The Kier molecular flexibility index (Phi) is 7.60. The van der Waals surface area contributed by atoms with Gasteiger partial charge in [-0.3, -0.25) is 0 Å². The van der Waals surface area contributed by atoms with Crippen molar-refractivity contribution in [2.45, 2.75) is 52.5 Å². The number of hydrogen-bond donors (Lipinski definition) is 1. The predicted molar refractivity (Wildman–Crippen MR) is 84.0 cm³/mol. The molecule has 2 heteroatoms. The van der Waals surface area contributed by atoms with Crippen molar-refractivity contribution in [3.8, 4) is 0 Å². The predicted octanol–water partition coefficient (Wildman–Crippen LogP) is 4.80. The minimum atomic E-state index is 0.606. The number of hydrogen-bond acceptors (Lipinski definition) is 1. The third-order valence-corrected chi connectivity index (χ3v) is 4.13. The van der Waals surface area contributed by atoms with Gasteiger partial charge >= 0.3 is 0 Å². The van der Waals surface area contributed by atoms with Crippen LogP contribution in [0.4, 0.5) is 0 Å². The molecular formula is C16H26BrN. The van der Waals surface area contributed by atoms with Gasteiger partial charge in [0.15, 0.2) is 0 Å². The summed E-state index contributed by atoms with van der Waals surface area (Å²) in [6.07, 6.45) is 4.99. The van der Waals surface area contributed by atoms with Crippen LogP contribution < -0.4 is 5.32 Å². The third kappa shape index (κ3) is 5.53. The lowest BCUT2D eigenvalue weighted by Gasteiger charge is -2.23. The number of nitrogens with one attached hydrogen (secondary N) is 1. The molecule has 102 valence electrons. The van der Waals surface area contributed by atoms with E-state index in [0.717, 1.165) is 18.9 Å². The van der Waals surface area contributed by atoms with Gasteiger partial charge in [-0.25, -0.2) is 0 Å². The van der Waals surface area contributed by atoms with Gasteiger partial charge in [0.2, 0.25) is 0 Å². The van der Waals surface area contributed by atoms with Crippen molar-refractivity contribution in [2.75, 3.05) is 6.54 Å². The number of benzene rings is 1. The van der Waals surface area contributed by atoms with Gasteiger partial charge in [0.1, 0.15) is 0 Å². The van der Waals surface area contributed by atoms with E-state index < -0.39 is 0 Å². The molecule has 1 aromatic carbocycles. The van der Waals surface area contributed by atoms with Crippen LogP contribution in [-0.4, -0.2) is 12.6 Å². The van der Waals surface area contributed by atoms with E-state index in [-0.39, 0.29) is 0 Å². The molecule has 0 spiro atoms. The molecule has 0 radical (unpaired) electrons. The van der Waals surface area contributed by atoms with E-state index in [1.165, 1.54) is 29.3 Å². The first-order valence-electron chi connectivity index (χ1n) is 7.17. The SMILES string of the molecule is CCNC(Cc1cccc(Br)c1)CC(CC)CC. The molecule has 0 amide bonds. The summed E-state index contributed by atoms with van der Waals surface area (Å²) < 4.78 is 1.18. The number of likely N-dealkylation sites (N-methyl/N-ethyl adjacent to an activating group) is 1. The van der Waals surface area contributed by atoms with Crippen molar-refractivity contribution < 1.29 is 0 Å². The topological polar surface area (TPSA) is 12.0 Å². The van der Waals surface area contributed by atoms with Crippen molar-refractivity contribution in [3.05, 3.63) is 34.3 Å². The Morgan fingerprint density at radius 1 is 1.17 bits per heavy atom. The molecule has 0 aromatic heterocycles. The first-order chi connectivity index (χ1) is 8.69. The quantitative estimate of drug-likeness (QED) is 0.727. The number of halogens is 1. The summed E-state index contributed by atoms with van der Waals surface area (Å²) >= 11 is 3.55. The van der Waals surface area contributed by atoms with E-state index >= 15 is 0 Å². The molecule has 1 nitrogen and oxygen atoms in total. The zero-order valence-electron chi connectivity index (χ0n) is 11.9. The van der Waals surface area contributed by atoms with Gasteiger partial charge in [-0.05, 0) is 43.0 Å². The van der Waals surface area contributed by atoms with Crippen LogP contribution in [-0.2, 0) is 6.42 Å². The maximum absolute atomic E-state index is 3.63. The molecule has 0 bridgehead atoms. The second-order valence-electron chi connectivity index (χ2n) is 5.01. The van der Waals surface area contributed by atoms with E-state index in [2.05, 4.69) is 66.3 Å². The second-order valence-corrected chi connectivity index (χ2v) is 5.92. The molecule has 0 saturated heterocycles. The zero-order chi connectivity index (χ0) is 13.4. The van der Waals surface area contributed by atoms with Gasteiger partial charge in [0, 0.05) is 10.5 Å². The largest absolute Gasteiger partial charge is 0.314 e. The molecule has 1 unspecified atom stereocenters. The lowest BCUT2D eigenvalue weighted by molar-refractivity contribution is 0.367. The molecule has 1 rings (SSSR count). The second kappa shape index (κ2) is 8.71. The van der Waals surface area contributed by atoms with Gasteiger partial charge in [-0.15, -0.1) is 0 Å². The Morgan fingerprint density at radius 3 is 2.44 bits per heavy atom. The van der Waals surface area contributed by atoms with Crippen LogP contribution in [0.2, 0.25) is 0 Å². The van der Waals surface area contributed by atoms with Crippen LogP contribution in [0, 0.1) is 5.92 Å². The molecule has 0 fully saturated rings. The van der Waals surface area contributed by atoms with Crippen molar-refractivity contribution in [3.63, 3.8) is 0 Å². The number of rotatable bonds is 8. The van der Waals surface area contributed by atoms with Crippen molar-refractivity contribution >= 4 is 15.9 Å². The molecule has 0 saturated carbocycles. The van der Waals surface area contributed by atoms with E-state index in [9.17, 15) is 0 Å². The fourth-order valence-electron chi connectivity index (χ4n) is 2.50. The maximum atomic E-state index is 3.63. The highest BCUT2D eigenvalue weighted by Gasteiger charge is 2.13. The molecule has 0 heterocycles. The summed E-state index contributed by atoms with van der Waals surface area (Å²) in [5, 5.41) is 3.63. The fourth-order valence-corrected chi connectivity index (χ4v) is 2.95. The van der Waals surface area contributed by atoms with Crippen molar-refractivity contribution in [1.82, 2.24) is 5.32 Å². The average molecular weight is 312 g/mol. The van der Waals surface area contributed by atoms with Crippen LogP contribution in [0.1, 0.15) is 45.6 Å². The molecule has 0 aliphatic rings. The smallest absolute Gasteiger partial charge is 0.0178 e. The van der Waals surface area contributed by atoms with Gasteiger partial charge in [0.25, 0.3) is 0 Å². The standard InChI is InChI=1S/C16H26BrN/c1-4-13(5-2)11-16(18-6-3)12-14-8-7-9-15(17)10-14/h7-10,13,16,18H,4-6,11-12H2,1-3H3. The average Bonchev–Trinajstić information content (AvgIpc) is 2.36. The van der Waals surface area contributed by atoms with E-state index in [0.29, 0.717) is 6.04 Å². The van der Waals surface area contributed by atoms with Crippen LogP contribution in [0.25, 0.3) is 0 Å². The maximum Gasteiger partial charge on any atom is 0.0178 e. The Labute approximate surface area is 120 Å². The Morgan fingerprint density at radius 2 is 1.89 bits per heavy atom. The molecule has 0 aliphatic heterocycles. The van der Waals surface area contributed by atoms with Crippen LogP contribution in [0.5, 0.6) is 0 Å². The van der Waals surface area contributed by atoms with Crippen LogP contribution in [0.15, 0.2) is 28.7 Å².